The number of carbonyl (C=O) groups is 1. The number of thioether (sulfide) groups is 1. The maximum atomic E-state index is 13.5. The minimum Gasteiger partial charge on any atom is -0.337 e. The number of rotatable bonds is 4. The quantitative estimate of drug-likeness (QED) is 0.811. The summed E-state index contributed by atoms with van der Waals surface area (Å²) in [5, 5.41) is 0. The van der Waals surface area contributed by atoms with Crippen molar-refractivity contribution in [2.75, 3.05) is 13.3 Å². The standard InChI is InChI=1S/C15H15FN2OS/c1-18(10-11-3-5-12(20-2)6-4-11)15(19)13-7-8-17-9-14(13)16/h3-9H,10H2,1-2H3. The molecule has 104 valence electrons. The summed E-state index contributed by atoms with van der Waals surface area (Å²) in [6.07, 6.45) is 4.47. The zero-order valence-corrected chi connectivity index (χ0v) is 12.2. The Morgan fingerprint density at radius 1 is 1.30 bits per heavy atom. The van der Waals surface area contributed by atoms with Gasteiger partial charge in [-0.05, 0) is 30.0 Å². The van der Waals surface area contributed by atoms with Gasteiger partial charge in [0.2, 0.25) is 0 Å². The maximum absolute atomic E-state index is 13.5. The Bertz CT molecular complexity index is 601. The van der Waals surface area contributed by atoms with Gasteiger partial charge in [-0.3, -0.25) is 9.78 Å². The van der Waals surface area contributed by atoms with E-state index in [-0.39, 0.29) is 11.5 Å². The molecule has 2 aromatic rings. The van der Waals surface area contributed by atoms with Crippen LogP contribution < -0.4 is 0 Å². The van der Waals surface area contributed by atoms with Crippen molar-refractivity contribution in [3.63, 3.8) is 0 Å². The number of benzene rings is 1. The number of amides is 1. The van der Waals surface area contributed by atoms with Gasteiger partial charge in [-0.25, -0.2) is 4.39 Å². The number of aromatic nitrogens is 1. The fourth-order valence-corrected chi connectivity index (χ4v) is 2.24. The number of pyridine rings is 1. The summed E-state index contributed by atoms with van der Waals surface area (Å²) in [4.78, 5) is 18.5. The molecule has 1 heterocycles. The van der Waals surface area contributed by atoms with E-state index < -0.39 is 5.82 Å². The first-order valence-corrected chi connectivity index (χ1v) is 7.32. The van der Waals surface area contributed by atoms with Gasteiger partial charge in [0.1, 0.15) is 0 Å². The van der Waals surface area contributed by atoms with E-state index in [1.807, 2.05) is 30.5 Å². The van der Waals surface area contributed by atoms with Crippen molar-refractivity contribution in [1.82, 2.24) is 9.88 Å². The molecule has 0 fully saturated rings. The number of halogens is 1. The average molecular weight is 290 g/mol. The van der Waals surface area contributed by atoms with Gasteiger partial charge in [0.05, 0.1) is 11.8 Å². The van der Waals surface area contributed by atoms with Crippen LogP contribution in [0, 0.1) is 5.82 Å². The van der Waals surface area contributed by atoms with Crippen LogP contribution >= 0.6 is 11.8 Å². The summed E-state index contributed by atoms with van der Waals surface area (Å²) < 4.78 is 13.5. The molecule has 0 spiro atoms. The van der Waals surface area contributed by atoms with E-state index >= 15 is 0 Å². The van der Waals surface area contributed by atoms with E-state index in [0.717, 1.165) is 11.8 Å². The minimum atomic E-state index is -0.595. The van der Waals surface area contributed by atoms with Gasteiger partial charge in [-0.1, -0.05) is 12.1 Å². The Morgan fingerprint density at radius 2 is 2.00 bits per heavy atom. The van der Waals surface area contributed by atoms with E-state index in [9.17, 15) is 9.18 Å². The summed E-state index contributed by atoms with van der Waals surface area (Å²) in [5.41, 5.74) is 1.05. The van der Waals surface area contributed by atoms with Crippen LogP contribution in [0.5, 0.6) is 0 Å². The Kier molecular flexibility index (Phi) is 4.74. The average Bonchev–Trinajstić information content (AvgIpc) is 2.48. The summed E-state index contributed by atoms with van der Waals surface area (Å²) >= 11 is 1.66. The third-order valence-electron chi connectivity index (χ3n) is 2.93. The van der Waals surface area contributed by atoms with Gasteiger partial charge in [-0.15, -0.1) is 11.8 Å². The first kappa shape index (κ1) is 14.5. The molecule has 0 saturated heterocycles. The first-order chi connectivity index (χ1) is 9.61. The normalized spacial score (nSPS) is 10.3. The van der Waals surface area contributed by atoms with Crippen LogP contribution in [-0.2, 0) is 6.54 Å². The minimum absolute atomic E-state index is 0.0447. The predicted molar refractivity (Wildman–Crippen MR) is 78.2 cm³/mol. The van der Waals surface area contributed by atoms with E-state index in [1.165, 1.54) is 22.1 Å². The lowest BCUT2D eigenvalue weighted by molar-refractivity contribution is 0.0780. The molecule has 20 heavy (non-hydrogen) atoms. The van der Waals surface area contributed by atoms with E-state index in [0.29, 0.717) is 6.54 Å². The molecule has 0 unspecified atom stereocenters. The molecule has 2 rings (SSSR count). The highest BCUT2D eigenvalue weighted by Gasteiger charge is 2.16. The van der Waals surface area contributed by atoms with Gasteiger partial charge in [0.25, 0.3) is 5.91 Å². The van der Waals surface area contributed by atoms with E-state index in [2.05, 4.69) is 4.98 Å². The summed E-state index contributed by atoms with van der Waals surface area (Å²) in [5.74, 6) is -0.944. The SMILES string of the molecule is CSc1ccc(CN(C)C(=O)c2ccncc2F)cc1. The van der Waals surface area contributed by atoms with Crippen LogP contribution in [0.15, 0.2) is 47.6 Å². The molecule has 1 aromatic heterocycles. The smallest absolute Gasteiger partial charge is 0.256 e. The second-order valence-corrected chi connectivity index (χ2v) is 5.24. The molecule has 5 heteroatoms. The second kappa shape index (κ2) is 6.52. The van der Waals surface area contributed by atoms with Gasteiger partial charge >= 0.3 is 0 Å². The fourth-order valence-electron chi connectivity index (χ4n) is 1.83. The highest BCUT2D eigenvalue weighted by Crippen LogP contribution is 2.16. The first-order valence-electron chi connectivity index (χ1n) is 6.09. The molecule has 0 saturated carbocycles. The lowest BCUT2D eigenvalue weighted by Gasteiger charge is -2.17. The molecule has 0 atom stereocenters. The Hall–Kier alpha value is -1.88. The van der Waals surface area contributed by atoms with Crippen molar-refractivity contribution in [3.05, 3.63) is 59.7 Å². The number of carbonyl (C=O) groups excluding carboxylic acids is 1. The maximum Gasteiger partial charge on any atom is 0.256 e. The van der Waals surface area contributed by atoms with Crippen molar-refractivity contribution in [1.29, 1.82) is 0 Å². The highest BCUT2D eigenvalue weighted by atomic mass is 32.2. The van der Waals surface area contributed by atoms with Crippen molar-refractivity contribution in [3.8, 4) is 0 Å². The van der Waals surface area contributed by atoms with Gasteiger partial charge in [0.15, 0.2) is 5.82 Å². The molecule has 0 aliphatic rings. The second-order valence-electron chi connectivity index (χ2n) is 4.36. The van der Waals surface area contributed by atoms with Crippen molar-refractivity contribution in [2.24, 2.45) is 0 Å². The Morgan fingerprint density at radius 3 is 2.60 bits per heavy atom. The topological polar surface area (TPSA) is 33.2 Å². The molecule has 3 nitrogen and oxygen atoms in total. The molecule has 0 N–H and O–H groups in total. The van der Waals surface area contributed by atoms with Gasteiger partial charge in [0, 0.05) is 24.7 Å². The summed E-state index contributed by atoms with van der Waals surface area (Å²) in [7, 11) is 1.66. The van der Waals surface area contributed by atoms with Crippen molar-refractivity contribution < 1.29 is 9.18 Å². The van der Waals surface area contributed by atoms with Gasteiger partial charge < -0.3 is 4.90 Å². The third-order valence-corrected chi connectivity index (χ3v) is 3.67. The van der Waals surface area contributed by atoms with E-state index in [1.54, 1.807) is 18.8 Å². The number of hydrogen-bond donors (Lipinski definition) is 0. The van der Waals surface area contributed by atoms with Crippen molar-refractivity contribution in [2.45, 2.75) is 11.4 Å². The lowest BCUT2D eigenvalue weighted by Crippen LogP contribution is -2.27. The molecule has 0 aliphatic heterocycles. The monoisotopic (exact) mass is 290 g/mol. The zero-order chi connectivity index (χ0) is 14.5. The van der Waals surface area contributed by atoms with Crippen LogP contribution in [0.3, 0.4) is 0 Å². The fraction of sp³-hybridized carbons (Fsp3) is 0.200. The van der Waals surface area contributed by atoms with Crippen LogP contribution in [0.2, 0.25) is 0 Å². The Labute approximate surface area is 121 Å². The lowest BCUT2D eigenvalue weighted by atomic mass is 10.2. The van der Waals surface area contributed by atoms with Crippen LogP contribution in [-0.4, -0.2) is 29.1 Å². The van der Waals surface area contributed by atoms with Crippen LogP contribution in [0.4, 0.5) is 4.39 Å². The molecule has 0 radical (unpaired) electrons. The van der Waals surface area contributed by atoms with Crippen LogP contribution in [0.1, 0.15) is 15.9 Å². The van der Waals surface area contributed by atoms with Crippen LogP contribution in [0.25, 0.3) is 0 Å². The Balaban J connectivity index is 2.09. The molecular formula is C15H15FN2OS. The summed E-state index contributed by atoms with van der Waals surface area (Å²) in [6.45, 7) is 0.440. The molecule has 1 aromatic carbocycles. The molecule has 1 amide bonds. The molecule has 0 bridgehead atoms. The van der Waals surface area contributed by atoms with Gasteiger partial charge in [-0.2, -0.15) is 0 Å². The highest BCUT2D eigenvalue weighted by molar-refractivity contribution is 7.98. The number of nitrogens with zero attached hydrogens (tertiary/aromatic N) is 2. The third kappa shape index (κ3) is 3.36. The summed E-state index contributed by atoms with van der Waals surface area (Å²) in [6, 6.07) is 9.35. The number of hydrogen-bond acceptors (Lipinski definition) is 3. The largest absolute Gasteiger partial charge is 0.337 e. The van der Waals surface area contributed by atoms with Crippen molar-refractivity contribution >= 4 is 17.7 Å². The molecule has 0 aliphatic carbocycles. The predicted octanol–water partition coefficient (Wildman–Crippen LogP) is 3.21. The zero-order valence-electron chi connectivity index (χ0n) is 11.3. The van der Waals surface area contributed by atoms with E-state index in [4.69, 9.17) is 0 Å². The molecular weight excluding hydrogens is 275 g/mol.